The summed E-state index contributed by atoms with van der Waals surface area (Å²) < 4.78 is 0. The number of carbonyl (C=O) groups is 3. The van der Waals surface area contributed by atoms with Gasteiger partial charge in [0.1, 0.15) is 6.54 Å². The van der Waals surface area contributed by atoms with Gasteiger partial charge in [-0.05, 0) is 0 Å². The minimum absolute atomic E-state index is 0.0196. The van der Waals surface area contributed by atoms with Gasteiger partial charge in [-0.15, -0.1) is 11.3 Å². The van der Waals surface area contributed by atoms with Crippen molar-refractivity contribution in [3.05, 3.63) is 16.1 Å². The van der Waals surface area contributed by atoms with E-state index in [0.717, 1.165) is 16.2 Å². The predicted octanol–water partition coefficient (Wildman–Crippen LogP) is 0.235. The molecule has 7 nitrogen and oxygen atoms in total. The Morgan fingerprint density at radius 1 is 1.59 bits per heavy atom. The van der Waals surface area contributed by atoms with Crippen molar-refractivity contribution in [3.8, 4) is 0 Å². The molecule has 1 aliphatic heterocycles. The molecular formula is C9H9N3O4S. The van der Waals surface area contributed by atoms with Crippen molar-refractivity contribution in [1.29, 1.82) is 0 Å². The lowest BCUT2D eigenvalue weighted by atomic mass is 10.4. The normalized spacial score (nSPS) is 15.8. The molecular weight excluding hydrogens is 246 g/mol. The summed E-state index contributed by atoms with van der Waals surface area (Å²) in [7, 11) is 1.53. The van der Waals surface area contributed by atoms with Gasteiger partial charge in [-0.2, -0.15) is 0 Å². The first-order chi connectivity index (χ1) is 7.99. The fourth-order valence-corrected chi connectivity index (χ4v) is 2.11. The third kappa shape index (κ3) is 2.11. The Morgan fingerprint density at radius 3 is 2.76 bits per heavy atom. The van der Waals surface area contributed by atoms with Crippen LogP contribution >= 0.6 is 11.3 Å². The maximum absolute atomic E-state index is 11.6. The number of hydrogen-bond acceptors (Lipinski definition) is 5. The van der Waals surface area contributed by atoms with E-state index >= 15 is 0 Å². The number of urea groups is 1. The van der Waals surface area contributed by atoms with Gasteiger partial charge in [0.25, 0.3) is 5.91 Å². The van der Waals surface area contributed by atoms with Gasteiger partial charge in [0.2, 0.25) is 5.01 Å². The number of likely N-dealkylation sites (N-methyl/N-ethyl adjacent to an activating group) is 1. The van der Waals surface area contributed by atoms with Gasteiger partial charge in [0.15, 0.2) is 0 Å². The van der Waals surface area contributed by atoms with Gasteiger partial charge in [-0.3, -0.25) is 9.69 Å². The largest absolute Gasteiger partial charge is 0.476 e. The second kappa shape index (κ2) is 4.13. The molecule has 1 fully saturated rings. The molecule has 0 aromatic carbocycles. The summed E-state index contributed by atoms with van der Waals surface area (Å²) in [6.45, 7) is 0.0700. The molecule has 90 valence electrons. The van der Waals surface area contributed by atoms with Crippen LogP contribution in [0.5, 0.6) is 0 Å². The number of nitrogens with zero attached hydrogens (tertiary/aromatic N) is 3. The summed E-state index contributed by atoms with van der Waals surface area (Å²) in [4.78, 5) is 39.8. The Balaban J connectivity index is 2.13. The third-order valence-corrected chi connectivity index (χ3v) is 3.16. The molecule has 0 bridgehead atoms. The summed E-state index contributed by atoms with van der Waals surface area (Å²) in [6, 6.07) is -0.389. The highest BCUT2D eigenvalue weighted by Crippen LogP contribution is 2.15. The Labute approximate surface area is 100 Å². The summed E-state index contributed by atoms with van der Waals surface area (Å²) in [5.41, 5.74) is 0.407. The van der Waals surface area contributed by atoms with Crippen molar-refractivity contribution in [2.24, 2.45) is 0 Å². The number of aromatic nitrogens is 1. The van der Waals surface area contributed by atoms with Crippen molar-refractivity contribution in [3.63, 3.8) is 0 Å². The van der Waals surface area contributed by atoms with E-state index in [9.17, 15) is 14.4 Å². The van der Waals surface area contributed by atoms with Crippen molar-refractivity contribution >= 4 is 29.2 Å². The maximum Gasteiger partial charge on any atom is 0.365 e. The molecule has 0 spiro atoms. The Hall–Kier alpha value is -1.96. The average molecular weight is 255 g/mol. The van der Waals surface area contributed by atoms with Crippen LogP contribution in [0.1, 0.15) is 15.5 Å². The average Bonchev–Trinajstić information content (AvgIpc) is 2.80. The highest BCUT2D eigenvalue weighted by molar-refractivity contribution is 7.11. The lowest BCUT2D eigenvalue weighted by Gasteiger charge is -2.11. The van der Waals surface area contributed by atoms with E-state index in [-0.39, 0.29) is 30.0 Å². The standard InChI is InChI=1S/C9H9N3O4S/c1-11-3-6(13)12(9(11)16)2-5-4-17-7(10-5)8(14)15/h4H,2-3H2,1H3,(H,14,15). The van der Waals surface area contributed by atoms with E-state index in [1.165, 1.54) is 17.3 Å². The molecule has 0 unspecified atom stereocenters. The van der Waals surface area contributed by atoms with Gasteiger partial charge < -0.3 is 10.0 Å². The van der Waals surface area contributed by atoms with Crippen LogP contribution in [-0.4, -0.2) is 51.4 Å². The molecule has 0 aliphatic carbocycles. The zero-order chi connectivity index (χ0) is 12.6. The lowest BCUT2D eigenvalue weighted by Crippen LogP contribution is -2.31. The molecule has 1 saturated heterocycles. The van der Waals surface area contributed by atoms with Crippen molar-refractivity contribution in [2.75, 3.05) is 13.6 Å². The topological polar surface area (TPSA) is 90.8 Å². The number of carboxylic acids is 1. The second-order valence-electron chi connectivity index (χ2n) is 3.57. The lowest BCUT2D eigenvalue weighted by molar-refractivity contribution is -0.125. The summed E-state index contributed by atoms with van der Waals surface area (Å²) in [6.07, 6.45) is 0. The number of thiazole rings is 1. The van der Waals surface area contributed by atoms with Crippen LogP contribution in [0.4, 0.5) is 4.79 Å². The number of rotatable bonds is 3. The summed E-state index contributed by atoms with van der Waals surface area (Å²) in [5.74, 6) is -1.42. The summed E-state index contributed by atoms with van der Waals surface area (Å²) >= 11 is 0.971. The second-order valence-corrected chi connectivity index (χ2v) is 4.43. The van der Waals surface area contributed by atoms with E-state index in [0.29, 0.717) is 5.69 Å². The zero-order valence-corrected chi connectivity index (χ0v) is 9.73. The minimum atomic E-state index is -1.11. The van der Waals surface area contributed by atoms with E-state index in [1.807, 2.05) is 0 Å². The zero-order valence-electron chi connectivity index (χ0n) is 8.91. The minimum Gasteiger partial charge on any atom is -0.476 e. The maximum atomic E-state index is 11.6. The quantitative estimate of drug-likeness (QED) is 0.781. The molecule has 0 saturated carbocycles. The molecule has 3 amide bonds. The number of hydrogen-bond donors (Lipinski definition) is 1. The predicted molar refractivity (Wildman–Crippen MR) is 57.6 cm³/mol. The van der Waals surface area contributed by atoms with Gasteiger partial charge in [0.05, 0.1) is 12.2 Å². The van der Waals surface area contributed by atoms with E-state index in [2.05, 4.69) is 4.98 Å². The van der Waals surface area contributed by atoms with Gasteiger partial charge >= 0.3 is 12.0 Å². The molecule has 1 aromatic rings. The third-order valence-electron chi connectivity index (χ3n) is 2.29. The Morgan fingerprint density at radius 2 is 2.29 bits per heavy atom. The van der Waals surface area contributed by atoms with Crippen molar-refractivity contribution in [1.82, 2.24) is 14.8 Å². The molecule has 0 atom stereocenters. The molecule has 8 heteroatoms. The number of amides is 3. The fourth-order valence-electron chi connectivity index (χ4n) is 1.46. The number of carboxylic acid groups (broad SMARTS) is 1. The smallest absolute Gasteiger partial charge is 0.365 e. The number of imide groups is 1. The first-order valence-electron chi connectivity index (χ1n) is 4.72. The van der Waals surface area contributed by atoms with Gasteiger partial charge in [-0.25, -0.2) is 14.6 Å². The van der Waals surface area contributed by atoms with E-state index in [1.54, 1.807) is 0 Å². The molecule has 1 aliphatic rings. The highest BCUT2D eigenvalue weighted by Gasteiger charge is 2.33. The molecule has 17 heavy (non-hydrogen) atoms. The van der Waals surface area contributed by atoms with Crippen LogP contribution in [0, 0.1) is 0 Å². The Bertz CT molecular complexity index is 498. The molecule has 2 heterocycles. The summed E-state index contributed by atoms with van der Waals surface area (Å²) in [5, 5.41) is 10.2. The van der Waals surface area contributed by atoms with Gasteiger partial charge in [-0.1, -0.05) is 0 Å². The molecule has 0 radical (unpaired) electrons. The van der Waals surface area contributed by atoms with Crippen molar-refractivity contribution in [2.45, 2.75) is 6.54 Å². The first-order valence-corrected chi connectivity index (χ1v) is 5.60. The molecule has 1 aromatic heterocycles. The van der Waals surface area contributed by atoms with Crippen LogP contribution in [0.25, 0.3) is 0 Å². The van der Waals surface area contributed by atoms with Crippen LogP contribution in [0.15, 0.2) is 5.38 Å². The molecule has 2 rings (SSSR count). The van der Waals surface area contributed by atoms with Gasteiger partial charge in [0, 0.05) is 12.4 Å². The first kappa shape index (κ1) is 11.5. The van der Waals surface area contributed by atoms with Crippen LogP contribution in [0.3, 0.4) is 0 Å². The number of aromatic carboxylic acids is 1. The van der Waals surface area contributed by atoms with Crippen LogP contribution in [0.2, 0.25) is 0 Å². The Kier molecular flexibility index (Phi) is 2.80. The van der Waals surface area contributed by atoms with E-state index in [4.69, 9.17) is 5.11 Å². The van der Waals surface area contributed by atoms with E-state index < -0.39 is 5.97 Å². The van der Waals surface area contributed by atoms with Crippen molar-refractivity contribution < 1.29 is 19.5 Å². The number of carbonyl (C=O) groups excluding carboxylic acids is 2. The fraction of sp³-hybridized carbons (Fsp3) is 0.333. The van der Waals surface area contributed by atoms with Crippen LogP contribution < -0.4 is 0 Å². The molecule has 1 N–H and O–H groups in total. The monoisotopic (exact) mass is 255 g/mol. The SMILES string of the molecule is CN1CC(=O)N(Cc2csc(C(=O)O)n2)C1=O. The highest BCUT2D eigenvalue weighted by atomic mass is 32.1. The van der Waals surface area contributed by atoms with Crippen LogP contribution in [-0.2, 0) is 11.3 Å².